The number of halogens is 1. The van der Waals surface area contributed by atoms with Crippen molar-refractivity contribution in [3.8, 4) is 22.8 Å². The fraction of sp³-hybridized carbons (Fsp3) is 0.296. The van der Waals surface area contributed by atoms with Gasteiger partial charge >= 0.3 is 5.97 Å². The van der Waals surface area contributed by atoms with Crippen molar-refractivity contribution < 1.29 is 19.4 Å². The smallest absolute Gasteiger partial charge is 0.339 e. The van der Waals surface area contributed by atoms with Crippen LogP contribution in [0.25, 0.3) is 22.2 Å². The Bertz CT molecular complexity index is 1390. The quantitative estimate of drug-likeness (QED) is 0.238. The van der Waals surface area contributed by atoms with Crippen molar-refractivity contribution >= 4 is 34.3 Å². The highest BCUT2D eigenvalue weighted by Gasteiger charge is 2.15. The van der Waals surface area contributed by atoms with Crippen LogP contribution in [-0.4, -0.2) is 45.9 Å². The number of nitrogens with zero attached hydrogens (tertiary/aromatic N) is 3. The number of aromatic nitrogens is 3. The maximum atomic E-state index is 11.6. The lowest BCUT2D eigenvalue weighted by molar-refractivity contribution is 0.0692. The lowest BCUT2D eigenvalue weighted by Gasteiger charge is -2.13. The monoisotopic (exact) mass is 508 g/mol. The highest BCUT2D eigenvalue weighted by molar-refractivity contribution is 6.35. The largest absolute Gasteiger partial charge is 0.496 e. The molecule has 2 N–H and O–H groups in total. The molecule has 0 bridgehead atoms. The van der Waals surface area contributed by atoms with Gasteiger partial charge in [0, 0.05) is 35.8 Å². The number of nitrogens with one attached hydrogen (secondary N) is 1. The first-order chi connectivity index (χ1) is 17.4. The second-order valence-corrected chi connectivity index (χ2v) is 8.79. The van der Waals surface area contributed by atoms with Gasteiger partial charge in [0.25, 0.3) is 0 Å². The zero-order valence-electron chi connectivity index (χ0n) is 20.5. The van der Waals surface area contributed by atoms with Crippen molar-refractivity contribution in [3.05, 3.63) is 65.1 Å². The molecule has 0 unspecified atom stereocenters. The molecule has 2 aromatic heterocycles. The zero-order chi connectivity index (χ0) is 25.7. The molecule has 0 amide bonds. The van der Waals surface area contributed by atoms with Gasteiger partial charge in [-0.25, -0.2) is 14.8 Å². The molecule has 0 atom stereocenters. The summed E-state index contributed by atoms with van der Waals surface area (Å²) >= 11 is 6.51. The predicted octanol–water partition coefficient (Wildman–Crippen LogP) is 6.06. The van der Waals surface area contributed by atoms with Gasteiger partial charge in [-0.2, -0.15) is 0 Å². The minimum absolute atomic E-state index is 0.131. The molecule has 0 radical (unpaired) electrons. The number of anilines is 1. The number of methoxy groups -OCH3 is 1. The van der Waals surface area contributed by atoms with Gasteiger partial charge in [0.2, 0.25) is 0 Å². The summed E-state index contributed by atoms with van der Waals surface area (Å²) in [6.45, 7) is 5.83. The van der Waals surface area contributed by atoms with Crippen molar-refractivity contribution in [1.29, 1.82) is 0 Å². The van der Waals surface area contributed by atoms with Crippen LogP contribution in [0.3, 0.4) is 0 Å². The van der Waals surface area contributed by atoms with Crippen molar-refractivity contribution in [1.82, 2.24) is 14.5 Å². The van der Waals surface area contributed by atoms with Crippen LogP contribution >= 0.6 is 11.6 Å². The third-order valence-corrected chi connectivity index (χ3v) is 6.27. The van der Waals surface area contributed by atoms with E-state index >= 15 is 0 Å². The topological polar surface area (TPSA) is 98.5 Å². The van der Waals surface area contributed by atoms with Gasteiger partial charge in [-0.05, 0) is 43.7 Å². The van der Waals surface area contributed by atoms with E-state index in [1.165, 1.54) is 6.33 Å². The highest BCUT2D eigenvalue weighted by Crippen LogP contribution is 2.34. The highest BCUT2D eigenvalue weighted by atomic mass is 35.5. The van der Waals surface area contributed by atoms with E-state index < -0.39 is 5.97 Å². The van der Waals surface area contributed by atoms with Crippen LogP contribution in [0.2, 0.25) is 5.02 Å². The molecule has 4 rings (SSSR count). The van der Waals surface area contributed by atoms with E-state index in [9.17, 15) is 9.90 Å². The standard InChI is InChI=1S/C27H29ClN4O4/c1-4-5-12-36-24-14-18(6-7-19(24)27(33)34)22-15-25(31-16-30-22)29-10-11-32-17(2)13-20-23(35-3)9-8-21(28)26(20)32/h6-9,13-16H,4-5,10-12H2,1-3H3,(H,33,34)(H,29,30,31). The molecule has 8 nitrogen and oxygen atoms in total. The minimum atomic E-state index is -1.02. The molecular weight excluding hydrogens is 480 g/mol. The second kappa shape index (κ2) is 11.3. The average Bonchev–Trinajstić information content (AvgIpc) is 3.21. The molecule has 4 aromatic rings. The summed E-state index contributed by atoms with van der Waals surface area (Å²) in [4.78, 5) is 20.3. The fourth-order valence-electron chi connectivity index (χ4n) is 4.12. The lowest BCUT2D eigenvalue weighted by Crippen LogP contribution is -2.12. The number of hydrogen-bond acceptors (Lipinski definition) is 6. The van der Waals surface area contributed by atoms with E-state index in [4.69, 9.17) is 21.1 Å². The Labute approximate surface area is 214 Å². The number of aryl methyl sites for hydroxylation is 1. The summed E-state index contributed by atoms with van der Waals surface area (Å²) in [5.41, 5.74) is 3.57. The molecule has 2 aromatic carbocycles. The predicted molar refractivity (Wildman–Crippen MR) is 142 cm³/mol. The summed E-state index contributed by atoms with van der Waals surface area (Å²) in [7, 11) is 1.65. The number of aromatic carboxylic acids is 1. The van der Waals surface area contributed by atoms with E-state index in [1.54, 1.807) is 25.3 Å². The number of unbranched alkanes of at least 4 members (excludes halogenated alkanes) is 1. The second-order valence-electron chi connectivity index (χ2n) is 8.38. The van der Waals surface area contributed by atoms with Gasteiger partial charge < -0.3 is 24.5 Å². The Kier molecular flexibility index (Phi) is 7.95. The normalized spacial score (nSPS) is 11.0. The van der Waals surface area contributed by atoms with Crippen LogP contribution in [0.1, 0.15) is 35.8 Å². The van der Waals surface area contributed by atoms with Crippen LogP contribution in [0.5, 0.6) is 11.5 Å². The minimum Gasteiger partial charge on any atom is -0.496 e. The molecule has 36 heavy (non-hydrogen) atoms. The molecule has 2 heterocycles. The third-order valence-electron chi connectivity index (χ3n) is 5.97. The summed E-state index contributed by atoms with van der Waals surface area (Å²) < 4.78 is 13.4. The fourth-order valence-corrected chi connectivity index (χ4v) is 4.38. The zero-order valence-corrected chi connectivity index (χ0v) is 21.3. The van der Waals surface area contributed by atoms with E-state index in [0.717, 1.165) is 40.8 Å². The SMILES string of the molecule is CCCCOc1cc(-c2cc(NCCn3c(C)cc4c(OC)ccc(Cl)c43)ncn2)ccc1C(=O)O. The lowest BCUT2D eigenvalue weighted by atomic mass is 10.1. The Hall–Kier alpha value is -3.78. The molecule has 0 aliphatic carbocycles. The van der Waals surface area contributed by atoms with Crippen LogP contribution in [0.4, 0.5) is 5.82 Å². The first-order valence-electron chi connectivity index (χ1n) is 11.8. The van der Waals surface area contributed by atoms with E-state index in [1.807, 2.05) is 25.1 Å². The molecule has 0 aliphatic heterocycles. The number of hydrogen-bond donors (Lipinski definition) is 2. The van der Waals surface area contributed by atoms with Crippen LogP contribution < -0.4 is 14.8 Å². The van der Waals surface area contributed by atoms with Gasteiger partial charge in [-0.3, -0.25) is 0 Å². The van der Waals surface area contributed by atoms with Gasteiger partial charge in [0.15, 0.2) is 0 Å². The number of carbonyl (C=O) groups is 1. The number of fused-ring (bicyclic) bond motifs is 1. The molecule has 0 fully saturated rings. The average molecular weight is 509 g/mol. The summed E-state index contributed by atoms with van der Waals surface area (Å²) in [6, 6.07) is 12.6. The molecule has 0 aliphatic rings. The Balaban J connectivity index is 1.51. The first-order valence-corrected chi connectivity index (χ1v) is 12.2. The molecular formula is C27H29ClN4O4. The molecule has 188 valence electrons. The van der Waals surface area contributed by atoms with Crippen molar-refractivity contribution in [3.63, 3.8) is 0 Å². The molecule has 0 saturated carbocycles. The number of benzene rings is 2. The van der Waals surface area contributed by atoms with Crippen LogP contribution in [-0.2, 0) is 6.54 Å². The Morgan fingerprint density at radius 3 is 2.72 bits per heavy atom. The summed E-state index contributed by atoms with van der Waals surface area (Å²) in [5, 5.41) is 14.5. The maximum Gasteiger partial charge on any atom is 0.339 e. The van der Waals surface area contributed by atoms with Crippen LogP contribution in [0.15, 0.2) is 48.8 Å². The van der Waals surface area contributed by atoms with Crippen molar-refractivity contribution in [2.45, 2.75) is 33.2 Å². The van der Waals surface area contributed by atoms with Crippen molar-refractivity contribution in [2.24, 2.45) is 0 Å². The van der Waals surface area contributed by atoms with Gasteiger partial charge in [0.1, 0.15) is 29.2 Å². The maximum absolute atomic E-state index is 11.6. The number of ether oxygens (including phenoxy) is 2. The Morgan fingerprint density at radius 2 is 1.97 bits per heavy atom. The van der Waals surface area contributed by atoms with E-state index in [2.05, 4.69) is 32.8 Å². The molecule has 0 saturated heterocycles. The summed E-state index contributed by atoms with van der Waals surface area (Å²) in [5.74, 6) is 0.762. The number of carboxylic acid groups (broad SMARTS) is 1. The number of rotatable bonds is 11. The number of carboxylic acids is 1. The van der Waals surface area contributed by atoms with E-state index in [-0.39, 0.29) is 5.56 Å². The van der Waals surface area contributed by atoms with Gasteiger partial charge in [-0.15, -0.1) is 0 Å². The van der Waals surface area contributed by atoms with Gasteiger partial charge in [0.05, 0.1) is 29.9 Å². The first kappa shape index (κ1) is 25.3. The Morgan fingerprint density at radius 1 is 1.14 bits per heavy atom. The molecule has 0 spiro atoms. The third kappa shape index (κ3) is 5.39. The summed E-state index contributed by atoms with van der Waals surface area (Å²) in [6.07, 6.45) is 3.29. The molecule has 9 heteroatoms. The van der Waals surface area contributed by atoms with Crippen LogP contribution in [0, 0.1) is 6.92 Å². The van der Waals surface area contributed by atoms with E-state index in [0.29, 0.717) is 42.0 Å². The van der Waals surface area contributed by atoms with Crippen molar-refractivity contribution in [2.75, 3.05) is 25.6 Å². The van der Waals surface area contributed by atoms with Gasteiger partial charge in [-0.1, -0.05) is 31.0 Å².